The first kappa shape index (κ1) is 19.9. The van der Waals surface area contributed by atoms with E-state index in [1.165, 1.54) is 23.2 Å². The normalized spacial score (nSPS) is 17.1. The van der Waals surface area contributed by atoms with Gasteiger partial charge in [0.25, 0.3) is 0 Å². The number of rotatable bonds is 5. The van der Waals surface area contributed by atoms with Crippen molar-refractivity contribution >= 4 is 23.3 Å². The van der Waals surface area contributed by atoms with Crippen LogP contribution >= 0.6 is 0 Å². The summed E-state index contributed by atoms with van der Waals surface area (Å²) in [5.41, 5.74) is 1.74. The fourth-order valence-corrected chi connectivity index (χ4v) is 3.22. The minimum absolute atomic E-state index is 0.0460. The smallest absolute Gasteiger partial charge is 0.312 e. The summed E-state index contributed by atoms with van der Waals surface area (Å²) < 4.78 is 39.1. The number of amides is 2. The van der Waals surface area contributed by atoms with Gasteiger partial charge in [-0.3, -0.25) is 14.5 Å². The van der Waals surface area contributed by atoms with Crippen LogP contribution in [0.3, 0.4) is 0 Å². The third kappa shape index (κ3) is 4.49. The van der Waals surface area contributed by atoms with Crippen LogP contribution in [0.15, 0.2) is 48.7 Å². The predicted molar refractivity (Wildman–Crippen MR) is 98.9 cm³/mol. The third-order valence-electron chi connectivity index (χ3n) is 4.66. The summed E-state index contributed by atoms with van der Waals surface area (Å²) in [5.74, 6) is -1.97. The van der Waals surface area contributed by atoms with E-state index >= 15 is 0 Å². The second kappa shape index (κ2) is 8.00. The average molecular weight is 391 g/mol. The number of halogens is 3. The highest BCUT2D eigenvalue weighted by Gasteiger charge is 2.41. The van der Waals surface area contributed by atoms with Crippen LogP contribution in [0.2, 0.25) is 0 Å². The van der Waals surface area contributed by atoms with E-state index in [1.807, 2.05) is 19.1 Å². The Bertz CT molecular complexity index is 838. The maximum Gasteiger partial charge on any atom is 0.406 e. The van der Waals surface area contributed by atoms with Gasteiger partial charge in [-0.15, -0.1) is 0 Å². The van der Waals surface area contributed by atoms with Crippen LogP contribution in [0.5, 0.6) is 0 Å². The summed E-state index contributed by atoms with van der Waals surface area (Å²) in [5, 5.41) is 0. The molecule has 1 aromatic heterocycles. The van der Waals surface area contributed by atoms with Gasteiger partial charge in [0.2, 0.25) is 11.8 Å². The molecule has 0 saturated carbocycles. The van der Waals surface area contributed by atoms with E-state index in [9.17, 15) is 22.8 Å². The minimum Gasteiger partial charge on any atom is -0.312 e. The lowest BCUT2D eigenvalue weighted by Gasteiger charge is -2.25. The SMILES string of the molecule is CCc1ccc(N2C[C@@H](C(=O)N(CC(F)(F)F)c3ccccn3)CC2=O)cc1. The molecule has 0 spiro atoms. The molecule has 5 nitrogen and oxygen atoms in total. The number of anilines is 2. The standard InChI is InChI=1S/C20H20F3N3O2/c1-2-14-6-8-16(9-7-14)25-12-15(11-18(25)27)19(28)26(13-20(21,22)23)17-5-3-4-10-24-17/h3-10,15H,2,11-13H2,1H3/t15-/m0/s1. The summed E-state index contributed by atoms with van der Waals surface area (Å²) in [6.45, 7) is 0.612. The molecule has 2 amide bonds. The number of carbonyl (C=O) groups is 2. The van der Waals surface area contributed by atoms with E-state index in [1.54, 1.807) is 18.2 Å². The number of aromatic nitrogens is 1. The lowest BCUT2D eigenvalue weighted by Crippen LogP contribution is -2.43. The number of carbonyl (C=O) groups excluding carboxylic acids is 2. The lowest BCUT2D eigenvalue weighted by molar-refractivity contribution is -0.134. The van der Waals surface area contributed by atoms with Crippen molar-refractivity contribution in [3.63, 3.8) is 0 Å². The molecular weight excluding hydrogens is 371 g/mol. The lowest BCUT2D eigenvalue weighted by atomic mass is 10.1. The van der Waals surface area contributed by atoms with Gasteiger partial charge in [0.1, 0.15) is 12.4 Å². The number of benzene rings is 1. The Balaban J connectivity index is 1.80. The molecule has 8 heteroatoms. The molecule has 0 bridgehead atoms. The van der Waals surface area contributed by atoms with Crippen LogP contribution in [0.1, 0.15) is 18.9 Å². The van der Waals surface area contributed by atoms with E-state index < -0.39 is 24.5 Å². The van der Waals surface area contributed by atoms with Crippen molar-refractivity contribution in [2.45, 2.75) is 25.9 Å². The van der Waals surface area contributed by atoms with E-state index in [-0.39, 0.29) is 24.7 Å². The van der Waals surface area contributed by atoms with Crippen LogP contribution in [-0.4, -0.2) is 36.1 Å². The first-order valence-corrected chi connectivity index (χ1v) is 8.97. The van der Waals surface area contributed by atoms with Crippen LogP contribution in [0.4, 0.5) is 24.7 Å². The monoisotopic (exact) mass is 391 g/mol. The van der Waals surface area contributed by atoms with Crippen molar-refractivity contribution in [2.24, 2.45) is 5.92 Å². The fourth-order valence-electron chi connectivity index (χ4n) is 3.22. The average Bonchev–Trinajstić information content (AvgIpc) is 3.07. The van der Waals surface area contributed by atoms with Crippen LogP contribution in [0, 0.1) is 5.92 Å². The number of alkyl halides is 3. The zero-order chi connectivity index (χ0) is 20.3. The minimum atomic E-state index is -4.58. The molecule has 0 N–H and O–H groups in total. The Hall–Kier alpha value is -2.90. The van der Waals surface area contributed by atoms with Crippen molar-refractivity contribution in [1.29, 1.82) is 0 Å². The summed E-state index contributed by atoms with van der Waals surface area (Å²) in [6.07, 6.45) is -2.53. The van der Waals surface area contributed by atoms with Gasteiger partial charge < -0.3 is 4.90 Å². The van der Waals surface area contributed by atoms with E-state index in [0.29, 0.717) is 10.6 Å². The van der Waals surface area contributed by atoms with Crippen molar-refractivity contribution in [3.8, 4) is 0 Å². The molecule has 1 fully saturated rings. The van der Waals surface area contributed by atoms with Gasteiger partial charge in [0, 0.05) is 24.8 Å². The fraction of sp³-hybridized carbons (Fsp3) is 0.350. The van der Waals surface area contributed by atoms with Crippen LogP contribution in [0.25, 0.3) is 0 Å². The number of nitrogens with zero attached hydrogens (tertiary/aromatic N) is 3. The highest BCUT2D eigenvalue weighted by atomic mass is 19.4. The van der Waals surface area contributed by atoms with Crippen molar-refractivity contribution in [2.75, 3.05) is 22.9 Å². The summed E-state index contributed by atoms with van der Waals surface area (Å²) in [4.78, 5) is 31.2. The Morgan fingerprint density at radius 1 is 1.21 bits per heavy atom. The number of hydrogen-bond donors (Lipinski definition) is 0. The highest BCUT2D eigenvalue weighted by Crippen LogP contribution is 2.29. The van der Waals surface area contributed by atoms with E-state index in [0.717, 1.165) is 12.0 Å². The summed E-state index contributed by atoms with van der Waals surface area (Å²) >= 11 is 0. The number of pyridine rings is 1. The third-order valence-corrected chi connectivity index (χ3v) is 4.66. The Morgan fingerprint density at radius 3 is 2.50 bits per heavy atom. The van der Waals surface area contributed by atoms with Gasteiger partial charge in [0.05, 0.1) is 5.92 Å². The Labute approximate surface area is 160 Å². The molecule has 0 radical (unpaired) electrons. The van der Waals surface area contributed by atoms with E-state index in [2.05, 4.69) is 4.98 Å². The Morgan fingerprint density at radius 2 is 1.93 bits per heavy atom. The molecule has 1 aliphatic rings. The summed E-state index contributed by atoms with van der Waals surface area (Å²) in [6, 6.07) is 11.8. The van der Waals surface area contributed by atoms with Crippen LogP contribution < -0.4 is 9.80 Å². The second-order valence-electron chi connectivity index (χ2n) is 6.65. The first-order valence-electron chi connectivity index (χ1n) is 8.97. The molecule has 1 aromatic carbocycles. The van der Waals surface area contributed by atoms with Crippen LogP contribution in [-0.2, 0) is 16.0 Å². The first-order chi connectivity index (χ1) is 13.3. The molecule has 1 saturated heterocycles. The molecule has 2 aromatic rings. The van der Waals surface area contributed by atoms with Gasteiger partial charge in [-0.1, -0.05) is 25.1 Å². The van der Waals surface area contributed by atoms with Gasteiger partial charge >= 0.3 is 6.18 Å². The molecule has 0 aliphatic carbocycles. The predicted octanol–water partition coefficient (Wildman–Crippen LogP) is 3.59. The maximum absolute atomic E-state index is 13.0. The second-order valence-corrected chi connectivity index (χ2v) is 6.65. The molecule has 1 atom stereocenters. The van der Waals surface area contributed by atoms with Gasteiger partial charge in [-0.2, -0.15) is 13.2 Å². The molecular formula is C20H20F3N3O2. The highest BCUT2D eigenvalue weighted by molar-refractivity contribution is 6.04. The molecule has 2 heterocycles. The molecule has 1 aliphatic heterocycles. The van der Waals surface area contributed by atoms with E-state index in [4.69, 9.17) is 0 Å². The zero-order valence-electron chi connectivity index (χ0n) is 15.3. The van der Waals surface area contributed by atoms with Crippen molar-refractivity contribution in [1.82, 2.24) is 4.98 Å². The number of aryl methyl sites for hydroxylation is 1. The van der Waals surface area contributed by atoms with Crippen molar-refractivity contribution in [3.05, 3.63) is 54.2 Å². The summed E-state index contributed by atoms with van der Waals surface area (Å²) in [7, 11) is 0. The maximum atomic E-state index is 13.0. The zero-order valence-corrected chi connectivity index (χ0v) is 15.3. The largest absolute Gasteiger partial charge is 0.406 e. The topological polar surface area (TPSA) is 53.5 Å². The van der Waals surface area contributed by atoms with Crippen molar-refractivity contribution < 1.29 is 22.8 Å². The molecule has 148 valence electrons. The molecule has 0 unspecified atom stereocenters. The van der Waals surface area contributed by atoms with Gasteiger partial charge in [-0.05, 0) is 36.2 Å². The number of hydrogen-bond acceptors (Lipinski definition) is 3. The van der Waals surface area contributed by atoms with Gasteiger partial charge in [0.15, 0.2) is 0 Å². The Kier molecular flexibility index (Phi) is 5.67. The quantitative estimate of drug-likeness (QED) is 0.783. The van der Waals surface area contributed by atoms with Gasteiger partial charge in [-0.25, -0.2) is 4.98 Å². The molecule has 28 heavy (non-hydrogen) atoms. The molecule has 3 rings (SSSR count).